The van der Waals surface area contributed by atoms with E-state index in [0.717, 1.165) is 11.1 Å². The van der Waals surface area contributed by atoms with Crippen LogP contribution in [-0.2, 0) is 6.54 Å². The molecule has 0 bridgehead atoms. The maximum Gasteiger partial charge on any atom is 0.231 e. The summed E-state index contributed by atoms with van der Waals surface area (Å²) >= 11 is 6.26. The quantitative estimate of drug-likeness (QED) is 0.351. The summed E-state index contributed by atoms with van der Waals surface area (Å²) in [5.41, 5.74) is 9.61. The fraction of sp³-hybridized carbons (Fsp3) is 0.0800. The lowest BCUT2D eigenvalue weighted by atomic mass is 10.1. The summed E-state index contributed by atoms with van der Waals surface area (Å²) in [6.45, 7) is 0.654. The second kappa shape index (κ2) is 8.44. The average molecular weight is 489 g/mol. The Hall–Kier alpha value is -4.37. The Balaban J connectivity index is 1.44. The van der Waals surface area contributed by atoms with Crippen molar-refractivity contribution in [1.82, 2.24) is 19.7 Å². The Labute approximate surface area is 204 Å². The van der Waals surface area contributed by atoms with E-state index in [9.17, 15) is 4.39 Å². The van der Waals surface area contributed by atoms with Gasteiger partial charge >= 0.3 is 0 Å². The Kier molecular flexibility index (Phi) is 5.11. The van der Waals surface area contributed by atoms with Gasteiger partial charge < -0.3 is 20.5 Å². The second-order valence-electron chi connectivity index (χ2n) is 7.92. The zero-order valence-electron chi connectivity index (χ0n) is 18.2. The van der Waals surface area contributed by atoms with Crippen LogP contribution in [0.5, 0.6) is 11.5 Å². The zero-order valence-corrected chi connectivity index (χ0v) is 19.0. The molecule has 0 amide bonds. The molecule has 3 N–H and O–H groups in total. The van der Waals surface area contributed by atoms with Crippen molar-refractivity contribution in [3.8, 4) is 28.4 Å². The molecule has 1 aliphatic heterocycles. The maximum atomic E-state index is 13.9. The van der Waals surface area contributed by atoms with Crippen molar-refractivity contribution < 1.29 is 13.9 Å². The van der Waals surface area contributed by atoms with Gasteiger partial charge in [-0.2, -0.15) is 4.98 Å². The first-order chi connectivity index (χ1) is 17.0. The Morgan fingerprint density at radius 2 is 1.86 bits per heavy atom. The predicted molar refractivity (Wildman–Crippen MR) is 131 cm³/mol. The van der Waals surface area contributed by atoms with Crippen molar-refractivity contribution in [2.75, 3.05) is 17.8 Å². The number of nitrogens with zero attached hydrogens (tertiary/aromatic N) is 4. The number of nitrogens with two attached hydrogens (primary N) is 1. The first kappa shape index (κ1) is 21.2. The molecule has 0 saturated carbocycles. The minimum absolute atomic E-state index is 0.213. The molecule has 0 aliphatic carbocycles. The number of hydrogen-bond acceptors (Lipinski definition) is 7. The number of rotatable bonds is 5. The summed E-state index contributed by atoms with van der Waals surface area (Å²) in [7, 11) is 0. The highest BCUT2D eigenvalue weighted by atomic mass is 35.5. The van der Waals surface area contributed by atoms with Gasteiger partial charge in [-0.3, -0.25) is 0 Å². The molecule has 3 aromatic carbocycles. The molecule has 0 saturated heterocycles. The molecule has 0 atom stereocenters. The molecule has 1 aliphatic rings. The van der Waals surface area contributed by atoms with Gasteiger partial charge in [-0.15, -0.1) is 5.10 Å². The lowest BCUT2D eigenvalue weighted by Crippen LogP contribution is -2.05. The van der Waals surface area contributed by atoms with Crippen LogP contribution in [0.2, 0.25) is 5.02 Å². The first-order valence-corrected chi connectivity index (χ1v) is 11.1. The SMILES string of the molecule is Nc1c2c(-c3cccc(Cl)c3)nc(NCc3ccc4c(c3)OCO4)nc2nn1-c1cccc(F)c1. The van der Waals surface area contributed by atoms with E-state index < -0.39 is 5.82 Å². The molecular weight excluding hydrogens is 471 g/mol. The number of ether oxygens (including phenoxy) is 2. The van der Waals surface area contributed by atoms with Crippen LogP contribution in [-0.4, -0.2) is 26.5 Å². The van der Waals surface area contributed by atoms with Crippen molar-refractivity contribution in [2.24, 2.45) is 0 Å². The highest BCUT2D eigenvalue weighted by molar-refractivity contribution is 6.30. The van der Waals surface area contributed by atoms with E-state index in [4.69, 9.17) is 31.8 Å². The molecular formula is C25H18ClFN6O2. The van der Waals surface area contributed by atoms with Gasteiger partial charge in [-0.25, -0.2) is 14.1 Å². The van der Waals surface area contributed by atoms with Gasteiger partial charge in [0.15, 0.2) is 17.1 Å². The van der Waals surface area contributed by atoms with E-state index in [0.29, 0.717) is 57.2 Å². The topological polar surface area (TPSA) is 100 Å². The maximum absolute atomic E-state index is 13.9. The fourth-order valence-corrected chi connectivity index (χ4v) is 4.16. The van der Waals surface area contributed by atoms with Crippen LogP contribution in [0.3, 0.4) is 0 Å². The summed E-state index contributed by atoms with van der Waals surface area (Å²) < 4.78 is 26.2. The molecule has 0 fully saturated rings. The van der Waals surface area contributed by atoms with Gasteiger partial charge in [0.2, 0.25) is 12.7 Å². The van der Waals surface area contributed by atoms with E-state index in [1.54, 1.807) is 24.3 Å². The molecule has 0 radical (unpaired) electrons. The molecule has 174 valence electrons. The summed E-state index contributed by atoms with van der Waals surface area (Å²) in [5, 5.41) is 8.91. The highest BCUT2D eigenvalue weighted by Gasteiger charge is 2.20. The summed E-state index contributed by atoms with van der Waals surface area (Å²) in [6, 6.07) is 19.0. The third kappa shape index (κ3) is 3.95. The molecule has 35 heavy (non-hydrogen) atoms. The van der Waals surface area contributed by atoms with Crippen molar-refractivity contribution in [3.63, 3.8) is 0 Å². The van der Waals surface area contributed by atoms with Crippen LogP contribution in [0, 0.1) is 5.82 Å². The lowest BCUT2D eigenvalue weighted by molar-refractivity contribution is 0.174. The number of anilines is 2. The first-order valence-electron chi connectivity index (χ1n) is 10.8. The van der Waals surface area contributed by atoms with Crippen LogP contribution < -0.4 is 20.5 Å². The average Bonchev–Trinajstić information content (AvgIpc) is 3.46. The second-order valence-corrected chi connectivity index (χ2v) is 8.36. The Morgan fingerprint density at radius 1 is 1.00 bits per heavy atom. The summed E-state index contributed by atoms with van der Waals surface area (Å²) in [6.07, 6.45) is 0. The number of benzene rings is 3. The molecule has 10 heteroatoms. The number of nitrogens with one attached hydrogen (secondary N) is 1. The van der Waals surface area contributed by atoms with Gasteiger partial charge in [0.25, 0.3) is 0 Å². The lowest BCUT2D eigenvalue weighted by Gasteiger charge is -2.09. The Bertz CT molecular complexity index is 1590. The van der Waals surface area contributed by atoms with E-state index in [1.165, 1.54) is 16.8 Å². The van der Waals surface area contributed by atoms with Crippen LogP contribution in [0.4, 0.5) is 16.2 Å². The van der Waals surface area contributed by atoms with Gasteiger partial charge in [0.05, 0.1) is 16.8 Å². The smallest absolute Gasteiger partial charge is 0.231 e. The minimum Gasteiger partial charge on any atom is -0.454 e. The number of nitrogen functional groups attached to an aromatic ring is 1. The molecule has 0 unspecified atom stereocenters. The van der Waals surface area contributed by atoms with Gasteiger partial charge in [0, 0.05) is 17.1 Å². The van der Waals surface area contributed by atoms with Crippen LogP contribution in [0.25, 0.3) is 28.0 Å². The van der Waals surface area contributed by atoms with Crippen LogP contribution in [0.1, 0.15) is 5.56 Å². The largest absolute Gasteiger partial charge is 0.454 e. The predicted octanol–water partition coefficient (Wildman–Crippen LogP) is 5.20. The third-order valence-electron chi connectivity index (χ3n) is 5.61. The molecule has 6 rings (SSSR count). The van der Waals surface area contributed by atoms with E-state index in [-0.39, 0.29) is 6.79 Å². The van der Waals surface area contributed by atoms with Gasteiger partial charge in [-0.05, 0) is 48.0 Å². The summed E-state index contributed by atoms with van der Waals surface area (Å²) in [4.78, 5) is 9.32. The van der Waals surface area contributed by atoms with Gasteiger partial charge in [0.1, 0.15) is 11.6 Å². The standard InChI is InChI=1S/C25H18ClFN6O2/c26-16-4-1-3-15(10-16)22-21-23(28)33(18-6-2-5-17(27)11-18)32-24(21)31-25(30-22)29-12-14-7-8-19-20(9-14)35-13-34-19/h1-11H,12-13,28H2,(H,29,31,32). The number of hydrogen-bond donors (Lipinski definition) is 2. The third-order valence-corrected chi connectivity index (χ3v) is 5.84. The van der Waals surface area contributed by atoms with Crippen molar-refractivity contribution >= 4 is 34.4 Å². The molecule has 5 aromatic rings. The molecule has 8 nitrogen and oxygen atoms in total. The zero-order chi connectivity index (χ0) is 23.9. The number of fused-ring (bicyclic) bond motifs is 2. The highest BCUT2D eigenvalue weighted by Crippen LogP contribution is 2.35. The van der Waals surface area contributed by atoms with Crippen molar-refractivity contribution in [3.05, 3.63) is 83.1 Å². The van der Waals surface area contributed by atoms with Crippen molar-refractivity contribution in [2.45, 2.75) is 6.54 Å². The normalized spacial score (nSPS) is 12.3. The van der Waals surface area contributed by atoms with Crippen LogP contribution >= 0.6 is 11.6 Å². The minimum atomic E-state index is -0.395. The van der Waals surface area contributed by atoms with Crippen LogP contribution in [0.15, 0.2) is 66.7 Å². The molecule has 0 spiro atoms. The van der Waals surface area contributed by atoms with Gasteiger partial charge in [-0.1, -0.05) is 35.9 Å². The van der Waals surface area contributed by atoms with Crippen molar-refractivity contribution in [1.29, 1.82) is 0 Å². The fourth-order valence-electron chi connectivity index (χ4n) is 3.97. The van der Waals surface area contributed by atoms with E-state index in [1.807, 2.05) is 30.3 Å². The molecule has 2 aromatic heterocycles. The van der Waals surface area contributed by atoms with E-state index in [2.05, 4.69) is 15.4 Å². The number of halogens is 2. The van der Waals surface area contributed by atoms with E-state index >= 15 is 0 Å². The number of aromatic nitrogens is 4. The monoisotopic (exact) mass is 488 g/mol. The molecule has 3 heterocycles. The summed E-state index contributed by atoms with van der Waals surface area (Å²) in [5.74, 6) is 1.67. The Morgan fingerprint density at radius 3 is 2.71 bits per heavy atom.